The average molecular weight is 363 g/mol. The van der Waals surface area contributed by atoms with Gasteiger partial charge in [-0.05, 0) is 37.0 Å². The smallest absolute Gasteiger partial charge is 0.137 e. The minimum Gasteiger partial charge on any atom is -0.367 e. The molecule has 3 aromatic rings. The number of ketones is 1. The summed E-state index contributed by atoms with van der Waals surface area (Å²) in [6, 6.07) is 6.19. The maximum Gasteiger partial charge on any atom is 0.137 e. The fourth-order valence-electron chi connectivity index (χ4n) is 3.84. The summed E-state index contributed by atoms with van der Waals surface area (Å²) in [6.07, 6.45) is 13.1. The molecule has 0 radical (unpaired) electrons. The second-order valence-electron chi connectivity index (χ2n) is 7.31. The molecule has 0 saturated heterocycles. The van der Waals surface area contributed by atoms with Crippen LogP contribution in [0.1, 0.15) is 49.8 Å². The quantitative estimate of drug-likeness (QED) is 0.666. The van der Waals surface area contributed by atoms with E-state index < -0.39 is 0 Å². The van der Waals surface area contributed by atoms with Crippen molar-refractivity contribution >= 4 is 22.5 Å². The summed E-state index contributed by atoms with van der Waals surface area (Å²) in [5.74, 6) is 1.10. The van der Waals surface area contributed by atoms with E-state index in [1.807, 2.05) is 18.2 Å². The van der Waals surface area contributed by atoms with Gasteiger partial charge in [0.15, 0.2) is 0 Å². The van der Waals surface area contributed by atoms with E-state index in [2.05, 4.69) is 25.5 Å². The number of rotatable bonds is 7. The third-order valence-corrected chi connectivity index (χ3v) is 5.27. The maximum absolute atomic E-state index is 12.4. The van der Waals surface area contributed by atoms with Gasteiger partial charge in [0.25, 0.3) is 0 Å². The second kappa shape index (κ2) is 8.29. The Kier molecular flexibility index (Phi) is 5.42. The van der Waals surface area contributed by atoms with Crippen molar-refractivity contribution in [2.45, 2.75) is 57.4 Å². The van der Waals surface area contributed by atoms with Gasteiger partial charge in [-0.2, -0.15) is 5.10 Å². The summed E-state index contributed by atoms with van der Waals surface area (Å²) >= 11 is 0. The van der Waals surface area contributed by atoms with Crippen LogP contribution in [-0.2, 0) is 17.6 Å². The summed E-state index contributed by atoms with van der Waals surface area (Å²) in [4.78, 5) is 21.0. The SMILES string of the molecule is O=C(CCc1[nH]nc2ccnc(NC3CCCCC3)c12)Cc1cccnc1. The Morgan fingerprint density at radius 3 is 2.89 bits per heavy atom. The van der Waals surface area contributed by atoms with E-state index in [1.165, 1.54) is 32.1 Å². The Morgan fingerprint density at radius 1 is 1.19 bits per heavy atom. The van der Waals surface area contributed by atoms with E-state index in [0.29, 0.717) is 25.3 Å². The lowest BCUT2D eigenvalue weighted by atomic mass is 9.95. The van der Waals surface area contributed by atoms with Crippen LogP contribution in [0.3, 0.4) is 0 Å². The van der Waals surface area contributed by atoms with Crippen LogP contribution in [-0.4, -0.2) is 32.0 Å². The van der Waals surface area contributed by atoms with Gasteiger partial charge < -0.3 is 5.32 Å². The molecule has 4 rings (SSSR count). The van der Waals surface area contributed by atoms with Crippen LogP contribution in [0.2, 0.25) is 0 Å². The Morgan fingerprint density at radius 2 is 2.07 bits per heavy atom. The Labute approximate surface area is 158 Å². The monoisotopic (exact) mass is 363 g/mol. The first-order valence-corrected chi connectivity index (χ1v) is 9.78. The molecule has 0 spiro atoms. The Hall–Kier alpha value is -2.76. The number of nitrogens with zero attached hydrogens (tertiary/aromatic N) is 3. The Balaban J connectivity index is 1.46. The van der Waals surface area contributed by atoms with Crippen LogP contribution in [0.5, 0.6) is 0 Å². The first-order valence-electron chi connectivity index (χ1n) is 9.78. The summed E-state index contributed by atoms with van der Waals surface area (Å²) in [6.45, 7) is 0. The number of aryl methyl sites for hydroxylation is 1. The summed E-state index contributed by atoms with van der Waals surface area (Å²) in [5.41, 5.74) is 2.84. The van der Waals surface area contributed by atoms with Crippen LogP contribution in [0.4, 0.5) is 5.82 Å². The first kappa shape index (κ1) is 17.6. The predicted molar refractivity (Wildman–Crippen MR) is 106 cm³/mol. The summed E-state index contributed by atoms with van der Waals surface area (Å²) < 4.78 is 0. The summed E-state index contributed by atoms with van der Waals surface area (Å²) in [7, 11) is 0. The zero-order valence-corrected chi connectivity index (χ0v) is 15.4. The number of pyridine rings is 2. The van der Waals surface area contributed by atoms with Crippen LogP contribution in [0.25, 0.3) is 10.9 Å². The van der Waals surface area contributed by atoms with E-state index in [0.717, 1.165) is 28.0 Å². The lowest BCUT2D eigenvalue weighted by Crippen LogP contribution is -2.23. The fourth-order valence-corrected chi connectivity index (χ4v) is 3.84. The molecular formula is C21H25N5O. The van der Waals surface area contributed by atoms with E-state index >= 15 is 0 Å². The summed E-state index contributed by atoms with van der Waals surface area (Å²) in [5, 5.41) is 12.2. The third-order valence-electron chi connectivity index (χ3n) is 5.27. The molecule has 1 aliphatic carbocycles. The molecule has 0 aliphatic heterocycles. The maximum atomic E-state index is 12.4. The van der Waals surface area contributed by atoms with Crippen molar-refractivity contribution < 1.29 is 4.79 Å². The fraction of sp³-hybridized carbons (Fsp3) is 0.429. The molecule has 1 saturated carbocycles. The molecule has 1 fully saturated rings. The van der Waals surface area contributed by atoms with Crippen molar-refractivity contribution in [1.29, 1.82) is 0 Å². The molecule has 6 nitrogen and oxygen atoms in total. The zero-order chi connectivity index (χ0) is 18.5. The standard InChI is InChI=1S/C21H25N5O/c27-17(13-15-5-4-11-22-14-15)8-9-18-20-19(26-25-18)10-12-23-21(20)24-16-6-2-1-3-7-16/h4-5,10-12,14,16H,1-3,6-9,13H2,(H,23,24)(H,25,26). The number of hydrogen-bond acceptors (Lipinski definition) is 5. The first-order chi connectivity index (χ1) is 13.3. The third kappa shape index (κ3) is 4.32. The number of aromatic amines is 1. The van der Waals surface area contributed by atoms with E-state index in [1.54, 1.807) is 18.6 Å². The van der Waals surface area contributed by atoms with Gasteiger partial charge in [-0.1, -0.05) is 25.3 Å². The molecule has 2 N–H and O–H groups in total. The van der Waals surface area contributed by atoms with E-state index in [4.69, 9.17) is 0 Å². The average Bonchev–Trinajstić information content (AvgIpc) is 3.12. The van der Waals surface area contributed by atoms with Gasteiger partial charge in [0, 0.05) is 43.2 Å². The van der Waals surface area contributed by atoms with Gasteiger partial charge in [0.05, 0.1) is 10.9 Å². The van der Waals surface area contributed by atoms with Gasteiger partial charge in [-0.15, -0.1) is 0 Å². The molecule has 0 unspecified atom stereocenters. The van der Waals surface area contributed by atoms with Gasteiger partial charge >= 0.3 is 0 Å². The number of carbonyl (C=O) groups is 1. The van der Waals surface area contributed by atoms with Crippen molar-refractivity contribution in [3.8, 4) is 0 Å². The van der Waals surface area contributed by atoms with Gasteiger partial charge in [0.1, 0.15) is 11.6 Å². The highest BCUT2D eigenvalue weighted by atomic mass is 16.1. The minimum atomic E-state index is 0.205. The molecule has 3 heterocycles. The number of anilines is 1. The van der Waals surface area contributed by atoms with Gasteiger partial charge in [-0.3, -0.25) is 14.9 Å². The van der Waals surface area contributed by atoms with Gasteiger partial charge in [0.2, 0.25) is 0 Å². The van der Waals surface area contributed by atoms with Crippen LogP contribution in [0, 0.1) is 0 Å². The van der Waals surface area contributed by atoms with Crippen molar-refractivity contribution in [2.75, 3.05) is 5.32 Å². The molecule has 0 amide bonds. The number of Topliss-reactive ketones (excluding diaryl/α,β-unsaturated/α-hetero) is 1. The lowest BCUT2D eigenvalue weighted by molar-refractivity contribution is -0.118. The van der Waals surface area contributed by atoms with Gasteiger partial charge in [-0.25, -0.2) is 4.98 Å². The second-order valence-corrected chi connectivity index (χ2v) is 7.31. The lowest BCUT2D eigenvalue weighted by Gasteiger charge is -2.23. The van der Waals surface area contributed by atoms with Crippen molar-refractivity contribution in [3.63, 3.8) is 0 Å². The number of fused-ring (bicyclic) bond motifs is 1. The molecule has 6 heteroatoms. The van der Waals surface area contributed by atoms with Crippen molar-refractivity contribution in [3.05, 3.63) is 48.0 Å². The highest BCUT2D eigenvalue weighted by Gasteiger charge is 2.18. The molecule has 1 aliphatic rings. The molecule has 0 bridgehead atoms. The van der Waals surface area contributed by atoms with Crippen LogP contribution < -0.4 is 5.32 Å². The van der Waals surface area contributed by atoms with E-state index in [9.17, 15) is 4.79 Å². The number of H-pyrrole nitrogens is 1. The van der Waals surface area contributed by atoms with Crippen LogP contribution >= 0.6 is 0 Å². The number of nitrogens with one attached hydrogen (secondary N) is 2. The normalized spacial score (nSPS) is 15.1. The van der Waals surface area contributed by atoms with E-state index in [-0.39, 0.29) is 5.78 Å². The van der Waals surface area contributed by atoms with Crippen molar-refractivity contribution in [1.82, 2.24) is 20.2 Å². The zero-order valence-electron chi connectivity index (χ0n) is 15.4. The Bertz CT molecular complexity index is 899. The molecule has 0 aromatic carbocycles. The topological polar surface area (TPSA) is 83.6 Å². The molecule has 27 heavy (non-hydrogen) atoms. The highest BCUT2D eigenvalue weighted by Crippen LogP contribution is 2.27. The molecule has 140 valence electrons. The molecule has 3 aromatic heterocycles. The highest BCUT2D eigenvalue weighted by molar-refractivity contribution is 5.92. The van der Waals surface area contributed by atoms with Crippen LogP contribution in [0.15, 0.2) is 36.8 Å². The molecule has 0 atom stereocenters. The van der Waals surface area contributed by atoms with Crippen molar-refractivity contribution in [2.24, 2.45) is 0 Å². The largest absolute Gasteiger partial charge is 0.367 e. The number of aromatic nitrogens is 4. The predicted octanol–water partition coefficient (Wildman–Crippen LogP) is 3.84. The molecular weight excluding hydrogens is 338 g/mol. The minimum absolute atomic E-state index is 0.205. The number of carbonyl (C=O) groups excluding carboxylic acids is 1. The number of hydrogen-bond donors (Lipinski definition) is 2.